The fraction of sp³-hybridized carbons (Fsp3) is 0.412. The number of carbonyl (C=O) groups is 1. The van der Waals surface area contributed by atoms with Crippen LogP contribution in [0.25, 0.3) is 0 Å². The van der Waals surface area contributed by atoms with Gasteiger partial charge in [-0.15, -0.1) is 0 Å². The molecule has 2 heterocycles. The predicted molar refractivity (Wildman–Crippen MR) is 90.2 cm³/mol. The minimum absolute atomic E-state index is 0.0761. The molecular formula is C17H20ClN3O3. The summed E-state index contributed by atoms with van der Waals surface area (Å²) in [5.74, 6) is 1.43. The number of nitrogens with zero attached hydrogens (tertiary/aromatic N) is 2. The van der Waals surface area contributed by atoms with Gasteiger partial charge >= 0.3 is 6.03 Å². The molecule has 1 aromatic carbocycles. The lowest BCUT2D eigenvalue weighted by molar-refractivity contribution is 0.111. The topological polar surface area (TPSA) is 67.6 Å². The highest BCUT2D eigenvalue weighted by molar-refractivity contribution is 6.32. The lowest BCUT2D eigenvalue weighted by Gasteiger charge is -2.32. The Kier molecular flexibility index (Phi) is 5.25. The van der Waals surface area contributed by atoms with Crippen LogP contribution < -0.4 is 10.1 Å². The first-order valence-corrected chi connectivity index (χ1v) is 8.36. The number of ether oxygens (including phenoxy) is 1. The van der Waals surface area contributed by atoms with Crippen molar-refractivity contribution in [3.8, 4) is 5.75 Å². The number of halogens is 1. The maximum Gasteiger partial charge on any atom is 0.317 e. The number of rotatable bonds is 4. The minimum Gasteiger partial charge on any atom is -0.489 e. The Bertz CT molecular complexity index is 696. The fourth-order valence-corrected chi connectivity index (χ4v) is 2.86. The molecule has 0 aliphatic carbocycles. The maximum absolute atomic E-state index is 12.2. The molecule has 0 unspecified atom stereocenters. The third-order valence-corrected chi connectivity index (χ3v) is 4.27. The molecule has 1 aromatic heterocycles. The molecule has 24 heavy (non-hydrogen) atoms. The van der Waals surface area contributed by atoms with Gasteiger partial charge in [0, 0.05) is 32.0 Å². The molecule has 128 valence electrons. The van der Waals surface area contributed by atoms with Crippen molar-refractivity contribution in [2.24, 2.45) is 0 Å². The van der Waals surface area contributed by atoms with Gasteiger partial charge in [0.1, 0.15) is 23.3 Å². The Morgan fingerprint density at radius 3 is 2.83 bits per heavy atom. The van der Waals surface area contributed by atoms with Gasteiger partial charge in [-0.2, -0.15) is 0 Å². The molecule has 0 bridgehead atoms. The average molecular weight is 350 g/mol. The number of urea groups is 1. The van der Waals surface area contributed by atoms with E-state index in [0.717, 1.165) is 24.3 Å². The molecule has 1 aliphatic heterocycles. The van der Waals surface area contributed by atoms with E-state index in [1.54, 1.807) is 4.90 Å². The van der Waals surface area contributed by atoms with E-state index in [2.05, 4.69) is 10.5 Å². The first-order valence-electron chi connectivity index (χ1n) is 7.98. The quantitative estimate of drug-likeness (QED) is 0.918. The summed E-state index contributed by atoms with van der Waals surface area (Å²) in [4.78, 5) is 14.0. The van der Waals surface area contributed by atoms with Gasteiger partial charge in [0.25, 0.3) is 0 Å². The second-order valence-corrected chi connectivity index (χ2v) is 6.23. The molecule has 0 saturated carbocycles. The van der Waals surface area contributed by atoms with Gasteiger partial charge in [-0.05, 0) is 19.1 Å². The van der Waals surface area contributed by atoms with Crippen molar-refractivity contribution in [3.05, 3.63) is 46.8 Å². The van der Waals surface area contributed by atoms with Crippen LogP contribution in [0.3, 0.4) is 0 Å². The molecule has 3 rings (SSSR count). The summed E-state index contributed by atoms with van der Waals surface area (Å²) in [5.41, 5.74) is 0.720. The van der Waals surface area contributed by atoms with Crippen LogP contribution in [0.2, 0.25) is 5.02 Å². The number of aryl methyl sites for hydroxylation is 1. The van der Waals surface area contributed by atoms with E-state index in [0.29, 0.717) is 30.4 Å². The van der Waals surface area contributed by atoms with Crippen LogP contribution >= 0.6 is 11.6 Å². The minimum atomic E-state index is -0.0909. The van der Waals surface area contributed by atoms with Crippen LogP contribution in [-0.4, -0.2) is 35.3 Å². The van der Waals surface area contributed by atoms with Crippen LogP contribution in [0, 0.1) is 6.92 Å². The molecule has 1 aliphatic rings. The summed E-state index contributed by atoms with van der Waals surface area (Å²) >= 11 is 6.11. The highest BCUT2D eigenvalue weighted by atomic mass is 35.5. The summed E-state index contributed by atoms with van der Waals surface area (Å²) in [7, 11) is 0. The summed E-state index contributed by atoms with van der Waals surface area (Å²) in [6.07, 6.45) is 1.64. The van der Waals surface area contributed by atoms with E-state index in [4.69, 9.17) is 20.9 Å². The van der Waals surface area contributed by atoms with Crippen molar-refractivity contribution in [2.75, 3.05) is 13.1 Å². The van der Waals surface area contributed by atoms with Crippen LogP contribution in [0.4, 0.5) is 4.79 Å². The van der Waals surface area contributed by atoms with Gasteiger partial charge in [-0.1, -0.05) is 28.9 Å². The number of likely N-dealkylation sites (tertiary alicyclic amines) is 1. The van der Waals surface area contributed by atoms with E-state index in [9.17, 15) is 4.79 Å². The van der Waals surface area contributed by atoms with Crippen LogP contribution in [0.15, 0.2) is 34.9 Å². The molecule has 6 nitrogen and oxygen atoms in total. The smallest absolute Gasteiger partial charge is 0.317 e. The number of piperidine rings is 1. The Hall–Kier alpha value is -2.21. The summed E-state index contributed by atoms with van der Waals surface area (Å²) < 4.78 is 10.9. The van der Waals surface area contributed by atoms with E-state index >= 15 is 0 Å². The number of nitrogens with one attached hydrogen (secondary N) is 1. The lowest BCUT2D eigenvalue weighted by atomic mass is 10.1. The molecule has 1 saturated heterocycles. The normalized spacial score (nSPS) is 15.3. The number of benzene rings is 1. The average Bonchev–Trinajstić information content (AvgIpc) is 3.01. The van der Waals surface area contributed by atoms with Crippen molar-refractivity contribution >= 4 is 17.6 Å². The summed E-state index contributed by atoms with van der Waals surface area (Å²) in [6.45, 7) is 3.49. The third-order valence-electron chi connectivity index (χ3n) is 3.96. The van der Waals surface area contributed by atoms with Gasteiger partial charge < -0.3 is 19.5 Å². The predicted octanol–water partition coefficient (Wildman–Crippen LogP) is 3.39. The fourth-order valence-electron chi connectivity index (χ4n) is 2.68. The second kappa shape index (κ2) is 7.57. The van der Waals surface area contributed by atoms with Crippen molar-refractivity contribution in [1.29, 1.82) is 0 Å². The highest BCUT2D eigenvalue weighted by Gasteiger charge is 2.24. The van der Waals surface area contributed by atoms with Gasteiger partial charge in [-0.25, -0.2) is 4.79 Å². The number of aromatic nitrogens is 1. The first kappa shape index (κ1) is 16.6. The van der Waals surface area contributed by atoms with Gasteiger partial charge in [-0.3, -0.25) is 0 Å². The third kappa shape index (κ3) is 4.20. The lowest BCUT2D eigenvalue weighted by Crippen LogP contribution is -2.46. The van der Waals surface area contributed by atoms with Crippen LogP contribution in [-0.2, 0) is 6.54 Å². The van der Waals surface area contributed by atoms with E-state index in [-0.39, 0.29) is 12.1 Å². The number of hydrogen-bond donors (Lipinski definition) is 1. The van der Waals surface area contributed by atoms with Crippen molar-refractivity contribution in [2.45, 2.75) is 32.4 Å². The monoisotopic (exact) mass is 349 g/mol. The standard InChI is InChI=1S/C17H20ClN3O3/c1-12-10-13(20-24-12)11-19-17(22)21-8-6-14(7-9-21)23-16-5-3-2-4-15(16)18/h2-5,10,14H,6-9,11H2,1H3,(H,19,22). The largest absolute Gasteiger partial charge is 0.489 e. The van der Waals surface area contributed by atoms with Gasteiger partial charge in [0.2, 0.25) is 0 Å². The van der Waals surface area contributed by atoms with Crippen LogP contribution in [0.5, 0.6) is 5.75 Å². The zero-order chi connectivity index (χ0) is 16.9. The van der Waals surface area contributed by atoms with E-state index < -0.39 is 0 Å². The zero-order valence-corrected chi connectivity index (χ0v) is 14.3. The van der Waals surface area contributed by atoms with E-state index in [1.807, 2.05) is 37.3 Å². The number of carbonyl (C=O) groups excluding carboxylic acids is 1. The highest BCUT2D eigenvalue weighted by Crippen LogP contribution is 2.26. The van der Waals surface area contributed by atoms with Crippen LogP contribution in [0.1, 0.15) is 24.3 Å². The molecule has 7 heteroatoms. The second-order valence-electron chi connectivity index (χ2n) is 5.82. The van der Waals surface area contributed by atoms with Crippen molar-refractivity contribution in [3.63, 3.8) is 0 Å². The Morgan fingerprint density at radius 1 is 1.42 bits per heavy atom. The first-order chi connectivity index (χ1) is 11.6. The number of hydrogen-bond acceptors (Lipinski definition) is 4. The molecular weight excluding hydrogens is 330 g/mol. The number of para-hydroxylation sites is 1. The molecule has 1 N–H and O–H groups in total. The molecule has 0 radical (unpaired) electrons. The van der Waals surface area contributed by atoms with Crippen molar-refractivity contribution < 1.29 is 14.1 Å². The van der Waals surface area contributed by atoms with Gasteiger partial charge in [0.15, 0.2) is 0 Å². The molecule has 0 atom stereocenters. The molecule has 0 spiro atoms. The van der Waals surface area contributed by atoms with E-state index in [1.165, 1.54) is 0 Å². The molecule has 2 aromatic rings. The Balaban J connectivity index is 1.44. The molecule has 2 amide bonds. The molecule has 1 fully saturated rings. The Labute approximate surface area is 145 Å². The maximum atomic E-state index is 12.2. The van der Waals surface area contributed by atoms with Gasteiger partial charge in [0.05, 0.1) is 11.6 Å². The summed E-state index contributed by atoms with van der Waals surface area (Å²) in [5, 5.41) is 7.33. The van der Waals surface area contributed by atoms with Crippen molar-refractivity contribution in [1.82, 2.24) is 15.4 Å². The Morgan fingerprint density at radius 2 is 2.17 bits per heavy atom. The number of amides is 2. The SMILES string of the molecule is Cc1cc(CNC(=O)N2CCC(Oc3ccccc3Cl)CC2)no1. The summed E-state index contributed by atoms with van der Waals surface area (Å²) in [6, 6.07) is 9.16. The zero-order valence-electron chi connectivity index (χ0n) is 13.5.